The molecule has 0 fully saturated rings. The quantitative estimate of drug-likeness (QED) is 0.492. The SMILES string of the molecule is CCCCCCCCCC(C)C(C(=O)O)=S(=O)=O. The molecule has 0 heterocycles. The molecule has 5 heteroatoms. The van der Waals surface area contributed by atoms with Crippen LogP contribution in [-0.4, -0.2) is 24.4 Å². The fourth-order valence-electron chi connectivity index (χ4n) is 1.99. The normalized spacial score (nSPS) is 12.1. The van der Waals surface area contributed by atoms with E-state index in [0.29, 0.717) is 6.42 Å². The molecule has 0 saturated carbocycles. The summed E-state index contributed by atoms with van der Waals surface area (Å²) in [6, 6.07) is 0. The number of carboxylic acids is 1. The van der Waals surface area contributed by atoms with Gasteiger partial charge in [-0.3, -0.25) is 0 Å². The molecule has 106 valence electrons. The summed E-state index contributed by atoms with van der Waals surface area (Å²) >= 11 is 0. The van der Waals surface area contributed by atoms with E-state index in [4.69, 9.17) is 5.11 Å². The van der Waals surface area contributed by atoms with Gasteiger partial charge in [-0.1, -0.05) is 58.8 Å². The first-order valence-electron chi connectivity index (χ1n) is 6.70. The van der Waals surface area contributed by atoms with Crippen molar-refractivity contribution in [1.29, 1.82) is 0 Å². The van der Waals surface area contributed by atoms with E-state index in [1.807, 2.05) is 0 Å². The zero-order chi connectivity index (χ0) is 14.0. The van der Waals surface area contributed by atoms with Crippen LogP contribution in [0, 0.1) is 5.92 Å². The van der Waals surface area contributed by atoms with Crippen molar-refractivity contribution in [3.8, 4) is 0 Å². The molecule has 1 N–H and O–H groups in total. The van der Waals surface area contributed by atoms with Crippen molar-refractivity contribution in [2.45, 2.75) is 65.2 Å². The molecule has 0 radical (unpaired) electrons. The minimum Gasteiger partial charge on any atom is -0.477 e. The second-order valence-corrected chi connectivity index (χ2v) is 5.62. The minimum atomic E-state index is -2.61. The largest absolute Gasteiger partial charge is 0.477 e. The molecule has 0 aliphatic rings. The Balaban J connectivity index is 3.87. The molecule has 1 unspecified atom stereocenters. The van der Waals surface area contributed by atoms with Crippen LogP contribution in [0.15, 0.2) is 0 Å². The molecule has 0 aliphatic carbocycles. The average molecular weight is 276 g/mol. The molecule has 0 aromatic heterocycles. The van der Waals surface area contributed by atoms with E-state index >= 15 is 0 Å². The summed E-state index contributed by atoms with van der Waals surface area (Å²) in [5.74, 6) is -1.71. The molecule has 0 aliphatic heterocycles. The first-order valence-corrected chi connectivity index (χ1v) is 7.77. The third kappa shape index (κ3) is 7.48. The number of hydrogen-bond acceptors (Lipinski definition) is 3. The standard InChI is InChI=1S/C13H24O4S/c1-3-4-5-6-7-8-9-10-11(2)12(13(14)15)18(16)17/h11H,3-10H2,1-2H3,(H,14,15). The van der Waals surface area contributed by atoms with Crippen LogP contribution in [0.5, 0.6) is 0 Å². The summed E-state index contributed by atoms with van der Waals surface area (Å²) in [6.45, 7) is 3.84. The first kappa shape index (κ1) is 17.2. The van der Waals surface area contributed by atoms with Gasteiger partial charge in [-0.2, -0.15) is 8.42 Å². The van der Waals surface area contributed by atoms with Crippen molar-refractivity contribution >= 4 is 21.1 Å². The molecule has 0 amide bonds. The molecule has 0 saturated heterocycles. The zero-order valence-electron chi connectivity index (χ0n) is 11.3. The van der Waals surface area contributed by atoms with Gasteiger partial charge in [0.05, 0.1) is 0 Å². The maximum atomic E-state index is 10.8. The molecule has 1 atom stereocenters. The number of hydrogen-bond donors (Lipinski definition) is 1. The van der Waals surface area contributed by atoms with Crippen molar-refractivity contribution in [2.24, 2.45) is 5.92 Å². The topological polar surface area (TPSA) is 71.4 Å². The van der Waals surface area contributed by atoms with Crippen LogP contribution in [0.3, 0.4) is 0 Å². The predicted molar refractivity (Wildman–Crippen MR) is 73.3 cm³/mol. The molecule has 18 heavy (non-hydrogen) atoms. The lowest BCUT2D eigenvalue weighted by Crippen LogP contribution is -2.22. The molecule has 0 rings (SSSR count). The van der Waals surface area contributed by atoms with Crippen LogP contribution < -0.4 is 0 Å². The summed E-state index contributed by atoms with van der Waals surface area (Å²) in [5, 5.41) is 8.78. The number of carboxylic acid groups (broad SMARTS) is 1. The summed E-state index contributed by atoms with van der Waals surface area (Å²) in [6.07, 6.45) is 8.67. The highest BCUT2D eigenvalue weighted by Gasteiger charge is 2.19. The third-order valence-corrected chi connectivity index (χ3v) is 4.01. The molecule has 0 spiro atoms. The van der Waals surface area contributed by atoms with Crippen molar-refractivity contribution in [1.82, 2.24) is 0 Å². The molecule has 0 aromatic carbocycles. The highest BCUT2D eigenvalue weighted by atomic mass is 32.2. The average Bonchev–Trinajstić information content (AvgIpc) is 2.26. The minimum absolute atomic E-state index is 0.388. The second-order valence-electron chi connectivity index (χ2n) is 4.72. The van der Waals surface area contributed by atoms with Gasteiger partial charge in [0.1, 0.15) is 0 Å². The third-order valence-electron chi connectivity index (χ3n) is 3.08. The van der Waals surface area contributed by atoms with E-state index in [9.17, 15) is 13.2 Å². The van der Waals surface area contributed by atoms with Gasteiger partial charge < -0.3 is 5.11 Å². The van der Waals surface area contributed by atoms with Crippen LogP contribution in [0.1, 0.15) is 65.2 Å². The molecule has 0 aromatic rings. The maximum absolute atomic E-state index is 10.8. The Kier molecular flexibility index (Phi) is 9.64. The Morgan fingerprint density at radius 3 is 2.00 bits per heavy atom. The van der Waals surface area contributed by atoms with Crippen LogP contribution in [0.25, 0.3) is 0 Å². The molecule has 0 bridgehead atoms. The summed E-state index contributed by atoms with van der Waals surface area (Å²) < 4.78 is 21.5. The second kappa shape index (κ2) is 10.1. The van der Waals surface area contributed by atoms with E-state index in [-0.39, 0.29) is 4.86 Å². The van der Waals surface area contributed by atoms with E-state index in [1.165, 1.54) is 25.7 Å². The van der Waals surface area contributed by atoms with E-state index in [2.05, 4.69) is 6.92 Å². The van der Waals surface area contributed by atoms with Gasteiger partial charge in [-0.05, 0) is 6.42 Å². The fraction of sp³-hybridized carbons (Fsp3) is 0.846. The maximum Gasteiger partial charge on any atom is 0.347 e. The fourth-order valence-corrected chi connectivity index (χ4v) is 2.57. The van der Waals surface area contributed by atoms with Crippen molar-refractivity contribution in [3.05, 3.63) is 0 Å². The number of aliphatic carboxylic acids is 1. The van der Waals surface area contributed by atoms with Crippen LogP contribution in [0.4, 0.5) is 0 Å². The van der Waals surface area contributed by atoms with Gasteiger partial charge in [0.2, 0.25) is 10.3 Å². The van der Waals surface area contributed by atoms with E-state index in [0.717, 1.165) is 19.3 Å². The Morgan fingerprint density at radius 2 is 1.56 bits per heavy atom. The van der Waals surface area contributed by atoms with Gasteiger partial charge in [0.25, 0.3) is 0 Å². The van der Waals surface area contributed by atoms with Crippen molar-refractivity contribution in [2.75, 3.05) is 0 Å². The monoisotopic (exact) mass is 276 g/mol. The lowest BCUT2D eigenvalue weighted by molar-refractivity contribution is -0.129. The number of unbranched alkanes of at least 4 members (excludes halogenated alkanes) is 6. The van der Waals surface area contributed by atoms with Crippen molar-refractivity contribution in [3.63, 3.8) is 0 Å². The lowest BCUT2D eigenvalue weighted by Gasteiger charge is -2.08. The Hall–Kier alpha value is -0.840. The van der Waals surface area contributed by atoms with Gasteiger partial charge in [-0.25, -0.2) is 4.79 Å². The smallest absolute Gasteiger partial charge is 0.347 e. The van der Waals surface area contributed by atoms with Gasteiger partial charge in [0, 0.05) is 5.92 Å². The highest BCUT2D eigenvalue weighted by molar-refractivity contribution is 7.74. The Morgan fingerprint density at radius 1 is 1.06 bits per heavy atom. The summed E-state index contributed by atoms with van der Waals surface area (Å²) in [5.41, 5.74) is 0. The number of carbonyl (C=O) groups is 1. The predicted octanol–water partition coefficient (Wildman–Crippen LogP) is 2.90. The van der Waals surface area contributed by atoms with Crippen LogP contribution in [-0.2, 0) is 15.1 Å². The summed E-state index contributed by atoms with van der Waals surface area (Å²) in [7, 11) is -2.61. The van der Waals surface area contributed by atoms with Gasteiger partial charge >= 0.3 is 5.97 Å². The zero-order valence-corrected chi connectivity index (χ0v) is 12.1. The number of rotatable bonds is 10. The van der Waals surface area contributed by atoms with Gasteiger partial charge in [0.15, 0.2) is 4.86 Å². The van der Waals surface area contributed by atoms with Crippen LogP contribution in [0.2, 0.25) is 0 Å². The van der Waals surface area contributed by atoms with Crippen LogP contribution >= 0.6 is 0 Å². The molecule has 4 nitrogen and oxygen atoms in total. The molecular formula is C13H24O4S. The molecular weight excluding hydrogens is 252 g/mol. The van der Waals surface area contributed by atoms with E-state index < -0.39 is 22.2 Å². The van der Waals surface area contributed by atoms with E-state index in [1.54, 1.807) is 6.92 Å². The Bertz CT molecular complexity index is 362. The lowest BCUT2D eigenvalue weighted by atomic mass is 9.99. The summed E-state index contributed by atoms with van der Waals surface area (Å²) in [4.78, 5) is 10.4. The van der Waals surface area contributed by atoms with Crippen molar-refractivity contribution < 1.29 is 18.3 Å². The highest BCUT2D eigenvalue weighted by Crippen LogP contribution is 2.13. The van der Waals surface area contributed by atoms with Gasteiger partial charge in [-0.15, -0.1) is 0 Å². The first-order chi connectivity index (χ1) is 8.50. The Labute approximate surface area is 111 Å².